The van der Waals surface area contributed by atoms with Crippen molar-refractivity contribution in [1.82, 2.24) is 4.40 Å². The summed E-state index contributed by atoms with van der Waals surface area (Å²) in [7, 11) is 2.46. The quantitative estimate of drug-likeness (QED) is 0.145. The van der Waals surface area contributed by atoms with E-state index < -0.39 is 17.7 Å². The van der Waals surface area contributed by atoms with Gasteiger partial charge in [-0.2, -0.15) is 0 Å². The van der Waals surface area contributed by atoms with Crippen molar-refractivity contribution in [2.75, 3.05) is 14.2 Å². The number of hydrogen-bond donors (Lipinski definition) is 0. The van der Waals surface area contributed by atoms with Crippen LogP contribution >= 0.6 is 0 Å². The Morgan fingerprint density at radius 1 is 0.564 bits per heavy atom. The van der Waals surface area contributed by atoms with Gasteiger partial charge in [-0.1, -0.05) is 91.0 Å². The van der Waals surface area contributed by atoms with Crippen LogP contribution in [0.2, 0.25) is 0 Å². The summed E-state index contributed by atoms with van der Waals surface area (Å²) in [6.45, 7) is 0. The van der Waals surface area contributed by atoms with Gasteiger partial charge in [-0.25, -0.2) is 9.59 Å². The lowest BCUT2D eigenvalue weighted by Gasteiger charge is -2.11. The highest BCUT2D eigenvalue weighted by molar-refractivity contribution is 6.21. The number of esters is 2. The monoisotopic (exact) mass is 513 g/mol. The molecule has 0 saturated carbocycles. The van der Waals surface area contributed by atoms with E-state index in [2.05, 4.69) is 0 Å². The fraction of sp³-hybridized carbons (Fsp3) is 0.0606. The van der Waals surface area contributed by atoms with Gasteiger partial charge in [-0.15, -0.1) is 0 Å². The molecule has 0 N–H and O–H groups in total. The van der Waals surface area contributed by atoms with Gasteiger partial charge < -0.3 is 13.9 Å². The van der Waals surface area contributed by atoms with E-state index in [-0.39, 0.29) is 16.8 Å². The maximum absolute atomic E-state index is 14.2. The van der Waals surface area contributed by atoms with E-state index in [0.29, 0.717) is 16.6 Å². The van der Waals surface area contributed by atoms with Crippen LogP contribution in [-0.4, -0.2) is 36.3 Å². The summed E-state index contributed by atoms with van der Waals surface area (Å²) in [5.74, 6) is -1.94. The molecule has 6 nitrogen and oxygen atoms in total. The lowest BCUT2D eigenvalue weighted by molar-refractivity contribution is 0.0556. The van der Waals surface area contributed by atoms with Crippen LogP contribution in [0.1, 0.15) is 36.8 Å². The lowest BCUT2D eigenvalue weighted by Crippen LogP contribution is -2.15. The van der Waals surface area contributed by atoms with Gasteiger partial charge in [0, 0.05) is 10.9 Å². The van der Waals surface area contributed by atoms with Crippen molar-refractivity contribution in [2.45, 2.75) is 0 Å². The highest BCUT2D eigenvalue weighted by atomic mass is 16.5. The Labute approximate surface area is 224 Å². The largest absolute Gasteiger partial charge is 0.465 e. The normalized spacial score (nSPS) is 11.1. The third kappa shape index (κ3) is 3.85. The number of nitrogens with zero attached hydrogens (tertiary/aromatic N) is 1. The van der Waals surface area contributed by atoms with Crippen LogP contribution in [0.15, 0.2) is 103 Å². The number of hydrogen-bond acceptors (Lipinski definition) is 5. The van der Waals surface area contributed by atoms with E-state index in [9.17, 15) is 14.4 Å². The molecule has 6 aromatic rings. The van der Waals surface area contributed by atoms with Crippen LogP contribution in [-0.2, 0) is 9.47 Å². The number of ether oxygens (including phenoxy) is 2. The molecule has 0 atom stereocenters. The first kappa shape index (κ1) is 24.1. The average molecular weight is 514 g/mol. The number of carbonyl (C=O) groups is 3. The summed E-state index contributed by atoms with van der Waals surface area (Å²) in [5, 5.41) is 2.88. The Bertz CT molecular complexity index is 1920. The van der Waals surface area contributed by atoms with Gasteiger partial charge in [-0.3, -0.25) is 4.79 Å². The van der Waals surface area contributed by atoms with Crippen molar-refractivity contribution in [3.05, 3.63) is 126 Å². The highest BCUT2D eigenvalue weighted by Crippen LogP contribution is 2.34. The van der Waals surface area contributed by atoms with Crippen LogP contribution in [0.25, 0.3) is 38.3 Å². The molecule has 0 saturated heterocycles. The topological polar surface area (TPSA) is 74.1 Å². The highest BCUT2D eigenvalue weighted by Gasteiger charge is 2.34. The van der Waals surface area contributed by atoms with E-state index in [1.807, 2.05) is 84.9 Å². The Kier molecular flexibility index (Phi) is 5.92. The van der Waals surface area contributed by atoms with Crippen LogP contribution in [0.5, 0.6) is 0 Å². The summed E-state index contributed by atoms with van der Waals surface area (Å²) < 4.78 is 11.8. The van der Waals surface area contributed by atoms with Gasteiger partial charge >= 0.3 is 11.9 Å². The minimum absolute atomic E-state index is 0.0105. The van der Waals surface area contributed by atoms with E-state index in [1.165, 1.54) is 14.2 Å². The molecule has 39 heavy (non-hydrogen) atoms. The Morgan fingerprint density at radius 2 is 1.18 bits per heavy atom. The van der Waals surface area contributed by atoms with Gasteiger partial charge in [0.05, 0.1) is 25.3 Å². The van der Waals surface area contributed by atoms with E-state index in [0.717, 1.165) is 27.3 Å². The molecule has 6 heteroatoms. The van der Waals surface area contributed by atoms with Crippen LogP contribution in [0, 0.1) is 0 Å². The molecule has 0 spiro atoms. The third-order valence-corrected chi connectivity index (χ3v) is 7.05. The van der Waals surface area contributed by atoms with Crippen LogP contribution in [0.4, 0.5) is 0 Å². The standard InChI is InChI=1S/C33H23NO5/c1-38-32(36)28-27-19-17-25-24-11-7-6-10-22(24)16-18-26(25)34(27)30(29(28)33(37)39-2)31(35)23-14-12-21(13-15-23)20-8-4-3-5-9-20/h3-19H,1-2H3. The van der Waals surface area contributed by atoms with Crippen molar-refractivity contribution in [1.29, 1.82) is 0 Å². The SMILES string of the molecule is COC(=O)c1c(C(=O)OC)c2ccc3c4ccccc4ccc3n2c1C(=O)c1ccc(-c2ccccc2)cc1. The van der Waals surface area contributed by atoms with Crippen molar-refractivity contribution < 1.29 is 23.9 Å². The molecule has 190 valence electrons. The van der Waals surface area contributed by atoms with Gasteiger partial charge in [0.2, 0.25) is 5.78 Å². The summed E-state index contributed by atoms with van der Waals surface area (Å²) in [6.07, 6.45) is 0. The first-order chi connectivity index (χ1) is 19.0. The van der Waals surface area contributed by atoms with Crippen molar-refractivity contribution in [3.8, 4) is 11.1 Å². The van der Waals surface area contributed by atoms with E-state index in [1.54, 1.807) is 22.6 Å². The van der Waals surface area contributed by atoms with E-state index >= 15 is 0 Å². The maximum atomic E-state index is 14.2. The minimum atomic E-state index is -0.794. The number of rotatable bonds is 5. The fourth-order valence-electron chi connectivity index (χ4n) is 5.22. The molecule has 0 radical (unpaired) electrons. The molecule has 0 aliphatic heterocycles. The number of pyridine rings is 1. The van der Waals surface area contributed by atoms with E-state index in [4.69, 9.17) is 9.47 Å². The average Bonchev–Trinajstić information content (AvgIpc) is 3.36. The number of benzene rings is 4. The lowest BCUT2D eigenvalue weighted by atomic mass is 9.99. The second-order valence-corrected chi connectivity index (χ2v) is 9.13. The van der Waals surface area contributed by atoms with Crippen LogP contribution in [0.3, 0.4) is 0 Å². The summed E-state index contributed by atoms with van der Waals surface area (Å²) in [6, 6.07) is 32.4. The first-order valence-corrected chi connectivity index (χ1v) is 12.4. The zero-order valence-corrected chi connectivity index (χ0v) is 21.3. The Hall–Kier alpha value is -5.23. The van der Waals surface area contributed by atoms with Gasteiger partial charge in [0.15, 0.2) is 0 Å². The Morgan fingerprint density at radius 3 is 1.90 bits per heavy atom. The minimum Gasteiger partial charge on any atom is -0.465 e. The zero-order valence-electron chi connectivity index (χ0n) is 21.3. The predicted molar refractivity (Wildman–Crippen MR) is 150 cm³/mol. The molecule has 0 bridgehead atoms. The summed E-state index contributed by atoms with van der Waals surface area (Å²) in [5.41, 5.74) is 3.31. The summed E-state index contributed by atoms with van der Waals surface area (Å²) >= 11 is 0. The molecular weight excluding hydrogens is 490 g/mol. The molecule has 6 rings (SSSR count). The van der Waals surface area contributed by atoms with Gasteiger partial charge in [0.1, 0.15) is 16.8 Å². The number of methoxy groups -OCH3 is 2. The van der Waals surface area contributed by atoms with Crippen molar-refractivity contribution in [2.24, 2.45) is 0 Å². The summed E-state index contributed by atoms with van der Waals surface area (Å²) in [4.78, 5) is 40.4. The third-order valence-electron chi connectivity index (χ3n) is 7.05. The molecule has 4 aromatic carbocycles. The van der Waals surface area contributed by atoms with Crippen molar-refractivity contribution in [3.63, 3.8) is 0 Å². The maximum Gasteiger partial charge on any atom is 0.341 e. The second kappa shape index (κ2) is 9.58. The number of aromatic nitrogens is 1. The predicted octanol–water partition coefficient (Wildman–Crippen LogP) is 6.72. The molecule has 2 aromatic heterocycles. The first-order valence-electron chi connectivity index (χ1n) is 12.4. The molecule has 2 heterocycles. The van der Waals surface area contributed by atoms with Crippen molar-refractivity contribution >= 4 is 44.9 Å². The van der Waals surface area contributed by atoms with Gasteiger partial charge in [0.25, 0.3) is 0 Å². The smallest absolute Gasteiger partial charge is 0.341 e. The van der Waals surface area contributed by atoms with Crippen LogP contribution < -0.4 is 0 Å². The Balaban J connectivity index is 1.66. The number of ketones is 1. The zero-order chi connectivity index (χ0) is 27.1. The number of carbonyl (C=O) groups excluding carboxylic acids is 3. The van der Waals surface area contributed by atoms with Gasteiger partial charge in [-0.05, 0) is 34.0 Å². The fourth-order valence-corrected chi connectivity index (χ4v) is 5.22. The molecule has 0 unspecified atom stereocenters. The second-order valence-electron chi connectivity index (χ2n) is 9.13. The number of fused-ring (bicyclic) bond motifs is 5. The molecule has 0 aliphatic rings. The molecule has 0 fully saturated rings. The molecular formula is C33H23NO5. The molecule has 0 amide bonds. The molecule has 0 aliphatic carbocycles.